The number of aromatic amines is 2. The van der Waals surface area contributed by atoms with Crippen molar-refractivity contribution in [1.82, 2.24) is 15.5 Å². The minimum atomic E-state index is -1.87. The number of aromatic nitrogens is 2. The molecule has 88 heavy (non-hydrogen) atoms. The van der Waals surface area contributed by atoms with Crippen LogP contribution in [-0.4, -0.2) is 176 Å². The summed E-state index contributed by atoms with van der Waals surface area (Å²) in [5.41, 5.74) is 0.141. The standard InChI is InChI=1S/C66H96N4O18/c1-12-36(3)58-39(6)25-26-65(88-58)34-46-31-45(87-65)21-19-38(5)57(37(4)17-16-18-43-35-80-61-56(73)40(7)29-49(64(76)83-46)66(43,61)77)85-54-33-51(79-11)60(42(9)82-54)86-55-32-50(78-10)59(41(8)81-55)84-53(72)24-23-52(71)67-27-14-15-28-70(13-2)44-20-22-47-48(30-44)63(75)69-68-62(47)74/h16-20,22,29-30,36-37,39,41-42,45-46,49-51,54-61,73,77H,12-15,21,23-28,31-35H2,1-11H3,(H,67,71)(H,68,74)(H,69,75)/b17-16+,38-19+,43-18+. The normalized spacial score (nSPS) is 38.1. The van der Waals surface area contributed by atoms with Gasteiger partial charge in [-0.1, -0.05) is 64.5 Å². The van der Waals surface area contributed by atoms with E-state index in [2.05, 4.69) is 54.2 Å². The third kappa shape index (κ3) is 15.1. The lowest BCUT2D eigenvalue weighted by atomic mass is 9.71. The third-order valence-electron chi connectivity index (χ3n) is 19.4. The van der Waals surface area contributed by atoms with E-state index in [0.717, 1.165) is 30.5 Å². The van der Waals surface area contributed by atoms with E-state index in [1.165, 1.54) is 0 Å². The monoisotopic (exact) mass is 1230 g/mol. The Morgan fingerprint density at radius 1 is 0.875 bits per heavy atom. The van der Waals surface area contributed by atoms with Crippen LogP contribution < -0.4 is 21.3 Å². The number of aliphatic hydroxyl groups excluding tert-OH is 1. The molecule has 1 aromatic heterocycles. The summed E-state index contributed by atoms with van der Waals surface area (Å²) in [6.45, 7) is 19.9. The summed E-state index contributed by atoms with van der Waals surface area (Å²) in [5, 5.41) is 32.2. The Bertz CT molecular complexity index is 2990. The zero-order valence-electron chi connectivity index (χ0n) is 53.2. The van der Waals surface area contributed by atoms with Crippen LogP contribution in [0.25, 0.3) is 10.8 Å². The van der Waals surface area contributed by atoms with E-state index in [4.69, 9.17) is 52.1 Å². The van der Waals surface area contributed by atoms with Gasteiger partial charge in [-0.3, -0.25) is 34.2 Å². The minimum Gasteiger partial charge on any atom is -0.462 e. The lowest BCUT2D eigenvalue weighted by molar-refractivity contribution is -0.340. The van der Waals surface area contributed by atoms with Crippen LogP contribution >= 0.6 is 0 Å². The van der Waals surface area contributed by atoms with Crippen molar-refractivity contribution >= 4 is 34.3 Å². The number of hydrogen-bond acceptors (Lipinski definition) is 19. The van der Waals surface area contributed by atoms with E-state index in [9.17, 15) is 34.2 Å². The largest absolute Gasteiger partial charge is 0.462 e. The fraction of sp³-hybridized carbons (Fsp3) is 0.712. The van der Waals surface area contributed by atoms with Crippen LogP contribution in [0, 0.1) is 23.7 Å². The predicted octanol–water partition coefficient (Wildman–Crippen LogP) is 6.89. The molecule has 20 unspecified atom stereocenters. The van der Waals surface area contributed by atoms with Gasteiger partial charge in [-0.05, 0) is 107 Å². The first-order chi connectivity index (χ1) is 42.1. The van der Waals surface area contributed by atoms with Gasteiger partial charge < -0.3 is 72.5 Å². The van der Waals surface area contributed by atoms with Crippen molar-refractivity contribution in [2.24, 2.45) is 23.7 Å². The first-order valence-corrected chi connectivity index (χ1v) is 32.0. The molecule has 7 aliphatic rings. The average molecular weight is 1230 g/mol. The zero-order valence-corrected chi connectivity index (χ0v) is 53.2. The number of aliphatic hydroxyl groups is 2. The van der Waals surface area contributed by atoms with Crippen molar-refractivity contribution in [1.29, 1.82) is 0 Å². The SMILES string of the molecule is CCC(C)C1OC2(CCC1C)CC1CC(C/C=C(\C)C(OC3CC(OC)C(OC4CC(OC)C(OC(=O)CCC(=O)NCCCCN(CC)c5ccc6c(=O)[nH][nH]c(=O)c6c5)C(C)O4)C(C)O3)C(C)/C=C/C=C3\COC4C(O)C(C)=CC(C(=O)O1)C34O)O2. The maximum atomic E-state index is 14.5. The molecule has 6 aliphatic heterocycles. The van der Waals surface area contributed by atoms with E-state index >= 15 is 0 Å². The van der Waals surface area contributed by atoms with Gasteiger partial charge in [-0.25, -0.2) is 0 Å². The molecular formula is C66H96N4O18. The van der Waals surface area contributed by atoms with Crippen molar-refractivity contribution in [3.8, 4) is 0 Å². The number of H-pyrrole nitrogens is 2. The van der Waals surface area contributed by atoms with Crippen LogP contribution in [0.1, 0.15) is 139 Å². The number of amides is 1. The van der Waals surface area contributed by atoms with Crippen LogP contribution in [0.5, 0.6) is 0 Å². The van der Waals surface area contributed by atoms with Gasteiger partial charge in [0.25, 0.3) is 11.1 Å². The number of nitrogens with one attached hydrogen (secondary N) is 3. The Labute approximate surface area is 516 Å². The molecular weight excluding hydrogens is 1140 g/mol. The van der Waals surface area contributed by atoms with Crippen molar-refractivity contribution in [2.45, 2.75) is 237 Å². The lowest BCUT2D eigenvalue weighted by Gasteiger charge is -2.51. The van der Waals surface area contributed by atoms with Gasteiger partial charge >= 0.3 is 11.9 Å². The molecule has 488 valence electrons. The summed E-state index contributed by atoms with van der Waals surface area (Å²) in [6.07, 6.45) is 6.09. The number of rotatable bonds is 19. The van der Waals surface area contributed by atoms with Crippen LogP contribution in [0.15, 0.2) is 74.9 Å². The molecule has 22 nitrogen and oxygen atoms in total. The number of allylic oxidation sites excluding steroid dienone is 2. The number of nitrogens with zero attached hydrogens (tertiary/aromatic N) is 1. The molecule has 1 amide bonds. The van der Waals surface area contributed by atoms with Gasteiger partial charge in [-0.15, -0.1) is 0 Å². The second-order valence-corrected chi connectivity index (χ2v) is 25.6. The quantitative estimate of drug-likeness (QED) is 0.0544. The molecule has 1 aliphatic carbocycles. The van der Waals surface area contributed by atoms with Gasteiger partial charge in [0.2, 0.25) is 5.91 Å². The minimum absolute atomic E-state index is 0.00643. The molecule has 20 atom stereocenters. The third-order valence-corrected chi connectivity index (χ3v) is 19.4. The Kier molecular flexibility index (Phi) is 22.5. The van der Waals surface area contributed by atoms with Crippen molar-refractivity contribution in [3.05, 3.63) is 86.0 Å². The number of fused-ring (bicyclic) bond motifs is 3. The van der Waals surface area contributed by atoms with Crippen LogP contribution in [0.3, 0.4) is 0 Å². The molecule has 0 saturated carbocycles. The molecule has 9 rings (SSSR count). The molecule has 1 spiro atoms. The number of benzene rings is 1. The van der Waals surface area contributed by atoms with Gasteiger partial charge in [0, 0.05) is 84.0 Å². The number of carbonyl (C=O) groups is 3. The van der Waals surface area contributed by atoms with E-state index in [0.29, 0.717) is 86.0 Å². The highest BCUT2D eigenvalue weighted by molar-refractivity contribution is 5.84. The first kappa shape index (κ1) is 67.3. The van der Waals surface area contributed by atoms with E-state index < -0.39 is 103 Å². The number of methoxy groups -OCH3 is 2. The maximum absolute atomic E-state index is 14.5. The Morgan fingerprint density at radius 3 is 2.30 bits per heavy atom. The van der Waals surface area contributed by atoms with Gasteiger partial charge in [0.05, 0.1) is 60.4 Å². The van der Waals surface area contributed by atoms with E-state index in [1.807, 2.05) is 39.0 Å². The van der Waals surface area contributed by atoms with Crippen molar-refractivity contribution < 1.29 is 76.7 Å². The average Bonchev–Trinajstić information content (AvgIpc) is 1.86. The van der Waals surface area contributed by atoms with Gasteiger partial charge in [-0.2, -0.15) is 0 Å². The highest BCUT2D eigenvalue weighted by Gasteiger charge is 2.60. The van der Waals surface area contributed by atoms with Gasteiger partial charge in [0.1, 0.15) is 42.0 Å². The highest BCUT2D eigenvalue weighted by Crippen LogP contribution is 2.48. The number of anilines is 1. The van der Waals surface area contributed by atoms with E-state index in [1.54, 1.807) is 52.4 Å². The van der Waals surface area contributed by atoms with Crippen molar-refractivity contribution in [3.63, 3.8) is 0 Å². The summed E-state index contributed by atoms with van der Waals surface area (Å²) < 4.78 is 71.2. The van der Waals surface area contributed by atoms with Crippen molar-refractivity contribution in [2.75, 3.05) is 45.4 Å². The van der Waals surface area contributed by atoms with Crippen LogP contribution in [0.4, 0.5) is 5.69 Å². The predicted molar refractivity (Wildman–Crippen MR) is 326 cm³/mol. The second kappa shape index (κ2) is 29.4. The van der Waals surface area contributed by atoms with Crippen LogP contribution in [-0.2, 0) is 66.5 Å². The fourth-order valence-electron chi connectivity index (χ4n) is 14.1. The fourth-order valence-corrected chi connectivity index (χ4v) is 14.1. The topological polar surface area (TPSA) is 274 Å². The first-order valence-electron chi connectivity index (χ1n) is 32.0. The number of hydrogen-bond donors (Lipinski definition) is 5. The Morgan fingerprint density at radius 2 is 1.58 bits per heavy atom. The molecule has 1 aromatic carbocycles. The smallest absolute Gasteiger partial charge is 0.316 e. The summed E-state index contributed by atoms with van der Waals surface area (Å²) in [7, 11) is 3.17. The summed E-state index contributed by atoms with van der Waals surface area (Å²) >= 11 is 0. The lowest BCUT2D eigenvalue weighted by Crippen LogP contribution is -2.58. The molecule has 2 bridgehead atoms. The maximum Gasteiger partial charge on any atom is 0.316 e. The summed E-state index contributed by atoms with van der Waals surface area (Å²) in [5.74, 6) is -3.16. The second-order valence-electron chi connectivity index (χ2n) is 25.6. The Balaban J connectivity index is 0.804. The molecule has 2 aromatic rings. The molecule has 5 saturated heterocycles. The number of carbonyl (C=O) groups excluding carboxylic acids is 3. The molecule has 22 heteroatoms. The molecule has 7 heterocycles. The van der Waals surface area contributed by atoms with Gasteiger partial charge in [0.15, 0.2) is 24.5 Å². The molecule has 5 fully saturated rings. The number of unbranched alkanes of at least 4 members (excludes halogenated alkanes) is 1. The number of esters is 2. The van der Waals surface area contributed by atoms with Crippen LogP contribution in [0.2, 0.25) is 0 Å². The number of ether oxygens (including phenoxy) is 11. The van der Waals surface area contributed by atoms with E-state index in [-0.39, 0.29) is 66.9 Å². The summed E-state index contributed by atoms with van der Waals surface area (Å²) in [4.78, 5) is 67.1. The molecule has 0 radical (unpaired) electrons. The summed E-state index contributed by atoms with van der Waals surface area (Å²) in [6, 6.07) is 5.18. The molecule has 5 N–H and O–H groups in total. The zero-order chi connectivity index (χ0) is 63.2. The highest BCUT2D eigenvalue weighted by atomic mass is 16.7. The Hall–Kier alpha value is -5.11.